The summed E-state index contributed by atoms with van der Waals surface area (Å²) in [6.45, 7) is 0.666. The molecule has 0 radical (unpaired) electrons. The highest BCUT2D eigenvalue weighted by Crippen LogP contribution is 2.42. The molecule has 0 aromatic carbocycles. The van der Waals surface area contributed by atoms with Gasteiger partial charge in [0.1, 0.15) is 0 Å². The summed E-state index contributed by atoms with van der Waals surface area (Å²) in [5.74, 6) is 2.56. The molecular formula is C15H26O4S2. The molecule has 0 aromatic rings. The number of sulfone groups is 1. The SMILES string of the molecule is O=S1(=O)CCCCC1C(O)C1CCOC2(CCSCC2)C1. The minimum Gasteiger partial charge on any atom is -0.391 e. The molecule has 3 rings (SSSR count). The molecule has 4 nitrogen and oxygen atoms in total. The van der Waals surface area contributed by atoms with Gasteiger partial charge in [-0.15, -0.1) is 0 Å². The molecule has 0 saturated carbocycles. The molecule has 21 heavy (non-hydrogen) atoms. The van der Waals surface area contributed by atoms with Gasteiger partial charge in [0.25, 0.3) is 0 Å². The van der Waals surface area contributed by atoms with Crippen molar-refractivity contribution in [2.24, 2.45) is 5.92 Å². The van der Waals surface area contributed by atoms with Crippen molar-refractivity contribution < 1.29 is 18.3 Å². The van der Waals surface area contributed by atoms with Gasteiger partial charge >= 0.3 is 0 Å². The molecule has 1 N–H and O–H groups in total. The molecule has 0 bridgehead atoms. The summed E-state index contributed by atoms with van der Waals surface area (Å²) >= 11 is 1.96. The van der Waals surface area contributed by atoms with Crippen LogP contribution >= 0.6 is 11.8 Å². The van der Waals surface area contributed by atoms with Gasteiger partial charge in [-0.2, -0.15) is 11.8 Å². The lowest BCUT2D eigenvalue weighted by Gasteiger charge is -2.45. The predicted molar refractivity (Wildman–Crippen MR) is 85.4 cm³/mol. The molecule has 3 aliphatic heterocycles. The maximum atomic E-state index is 12.2. The topological polar surface area (TPSA) is 63.6 Å². The number of rotatable bonds is 2. The summed E-state index contributed by atoms with van der Waals surface area (Å²) in [7, 11) is -3.11. The molecule has 3 fully saturated rings. The van der Waals surface area contributed by atoms with E-state index in [9.17, 15) is 13.5 Å². The van der Waals surface area contributed by atoms with E-state index < -0.39 is 21.2 Å². The fourth-order valence-electron chi connectivity index (χ4n) is 4.12. The molecule has 3 heterocycles. The summed E-state index contributed by atoms with van der Waals surface area (Å²) < 4.78 is 30.5. The second-order valence-corrected chi connectivity index (χ2v) is 10.4. The number of hydrogen-bond acceptors (Lipinski definition) is 5. The number of aliphatic hydroxyl groups excluding tert-OH is 1. The second-order valence-electron chi connectivity index (χ2n) is 6.79. The minimum atomic E-state index is -3.11. The molecule has 3 saturated heterocycles. The first kappa shape index (κ1) is 16.1. The van der Waals surface area contributed by atoms with Gasteiger partial charge in [0.05, 0.1) is 22.7 Å². The third kappa shape index (κ3) is 3.43. The van der Waals surface area contributed by atoms with Crippen molar-refractivity contribution in [3.05, 3.63) is 0 Å². The maximum absolute atomic E-state index is 12.2. The van der Waals surface area contributed by atoms with Gasteiger partial charge in [0.2, 0.25) is 0 Å². The monoisotopic (exact) mass is 334 g/mol. The van der Waals surface area contributed by atoms with E-state index in [0.29, 0.717) is 13.0 Å². The summed E-state index contributed by atoms with van der Waals surface area (Å²) in [6, 6.07) is 0. The van der Waals surface area contributed by atoms with E-state index in [1.54, 1.807) is 0 Å². The van der Waals surface area contributed by atoms with E-state index in [1.807, 2.05) is 11.8 Å². The summed E-state index contributed by atoms with van der Waals surface area (Å²) in [4.78, 5) is 0. The molecule has 3 unspecified atom stereocenters. The molecule has 0 aromatic heterocycles. The Morgan fingerprint density at radius 2 is 1.95 bits per heavy atom. The molecule has 6 heteroatoms. The highest BCUT2D eigenvalue weighted by Gasteiger charge is 2.45. The van der Waals surface area contributed by atoms with Crippen LogP contribution in [-0.4, -0.2) is 54.3 Å². The first-order chi connectivity index (χ1) is 10.0. The smallest absolute Gasteiger partial charge is 0.155 e. The van der Waals surface area contributed by atoms with E-state index in [1.165, 1.54) is 0 Å². The Morgan fingerprint density at radius 3 is 2.67 bits per heavy atom. The number of thioether (sulfide) groups is 1. The molecule has 3 atom stereocenters. The van der Waals surface area contributed by atoms with Crippen LogP contribution in [-0.2, 0) is 14.6 Å². The van der Waals surface area contributed by atoms with Gasteiger partial charge in [-0.25, -0.2) is 8.42 Å². The molecule has 3 aliphatic rings. The summed E-state index contributed by atoms with van der Waals surface area (Å²) in [6.07, 6.45) is 5.31. The normalized spacial score (nSPS) is 37.2. The van der Waals surface area contributed by atoms with E-state index in [-0.39, 0.29) is 17.3 Å². The standard InChI is InChI=1S/C15H26O4S2/c16-14(13-3-1-2-10-21(13,17)18)12-4-7-19-15(11-12)5-8-20-9-6-15/h12-14,16H,1-11H2. The van der Waals surface area contributed by atoms with Crippen LogP contribution in [0.2, 0.25) is 0 Å². The molecule has 1 spiro atoms. The van der Waals surface area contributed by atoms with Crippen molar-refractivity contribution in [3.63, 3.8) is 0 Å². The van der Waals surface area contributed by atoms with Crippen LogP contribution in [0, 0.1) is 5.92 Å². The first-order valence-corrected chi connectivity index (χ1v) is 11.0. The Morgan fingerprint density at radius 1 is 1.19 bits per heavy atom. The van der Waals surface area contributed by atoms with Crippen molar-refractivity contribution in [1.82, 2.24) is 0 Å². The maximum Gasteiger partial charge on any atom is 0.155 e. The van der Waals surface area contributed by atoms with Gasteiger partial charge in [-0.05, 0) is 55.9 Å². The second kappa shape index (κ2) is 6.38. The summed E-state index contributed by atoms with van der Waals surface area (Å²) in [5.41, 5.74) is -0.0897. The first-order valence-electron chi connectivity index (χ1n) is 8.14. The zero-order chi connectivity index (χ0) is 14.9. The Bertz CT molecular complexity index is 451. The van der Waals surface area contributed by atoms with Crippen LogP contribution in [0.4, 0.5) is 0 Å². The van der Waals surface area contributed by atoms with Crippen LogP contribution in [0.3, 0.4) is 0 Å². The predicted octanol–water partition coefficient (Wildman–Crippen LogP) is 2.01. The van der Waals surface area contributed by atoms with E-state index in [4.69, 9.17) is 4.74 Å². The van der Waals surface area contributed by atoms with Gasteiger partial charge < -0.3 is 9.84 Å². The average Bonchev–Trinajstić information content (AvgIpc) is 2.47. The van der Waals surface area contributed by atoms with Crippen LogP contribution in [0.5, 0.6) is 0 Å². The average molecular weight is 335 g/mol. The molecule has 0 amide bonds. The Balaban J connectivity index is 1.70. The van der Waals surface area contributed by atoms with Crippen LogP contribution in [0.1, 0.15) is 44.9 Å². The zero-order valence-electron chi connectivity index (χ0n) is 12.5. The Labute approximate surface area is 131 Å². The fraction of sp³-hybridized carbons (Fsp3) is 1.00. The van der Waals surface area contributed by atoms with E-state index >= 15 is 0 Å². The van der Waals surface area contributed by atoms with Crippen molar-refractivity contribution in [1.29, 1.82) is 0 Å². The highest BCUT2D eigenvalue weighted by molar-refractivity contribution is 7.99. The van der Waals surface area contributed by atoms with Gasteiger partial charge in [-0.1, -0.05) is 6.42 Å². The molecule has 122 valence electrons. The summed E-state index contributed by atoms with van der Waals surface area (Å²) in [5, 5.41) is 10.2. The lowest BCUT2D eigenvalue weighted by atomic mass is 9.78. The van der Waals surface area contributed by atoms with Crippen LogP contribution < -0.4 is 0 Å². The number of aliphatic hydroxyl groups is 1. The van der Waals surface area contributed by atoms with E-state index in [2.05, 4.69) is 0 Å². The third-order valence-corrected chi connectivity index (χ3v) is 8.71. The van der Waals surface area contributed by atoms with Crippen molar-refractivity contribution in [2.45, 2.75) is 61.9 Å². The number of ether oxygens (including phenoxy) is 1. The third-order valence-electron chi connectivity index (χ3n) is 5.43. The van der Waals surface area contributed by atoms with Gasteiger partial charge in [0.15, 0.2) is 9.84 Å². The molecular weight excluding hydrogens is 308 g/mol. The van der Waals surface area contributed by atoms with Gasteiger partial charge in [0, 0.05) is 6.61 Å². The highest BCUT2D eigenvalue weighted by atomic mass is 32.2. The fourth-order valence-corrected chi connectivity index (χ4v) is 7.43. The van der Waals surface area contributed by atoms with Gasteiger partial charge in [-0.3, -0.25) is 0 Å². The lowest BCUT2D eigenvalue weighted by molar-refractivity contribution is -0.121. The van der Waals surface area contributed by atoms with Crippen molar-refractivity contribution in [2.75, 3.05) is 23.9 Å². The zero-order valence-corrected chi connectivity index (χ0v) is 14.1. The Hall–Kier alpha value is 0.220. The largest absolute Gasteiger partial charge is 0.391 e. The molecule has 0 aliphatic carbocycles. The lowest BCUT2D eigenvalue weighted by Crippen LogP contribution is -2.50. The van der Waals surface area contributed by atoms with Crippen molar-refractivity contribution >= 4 is 21.6 Å². The number of hydrogen-bond donors (Lipinski definition) is 1. The quantitative estimate of drug-likeness (QED) is 0.837. The van der Waals surface area contributed by atoms with E-state index in [0.717, 1.165) is 50.0 Å². The van der Waals surface area contributed by atoms with Crippen LogP contribution in [0.25, 0.3) is 0 Å². The minimum absolute atomic E-state index is 0.0831. The van der Waals surface area contributed by atoms with Crippen LogP contribution in [0.15, 0.2) is 0 Å². The van der Waals surface area contributed by atoms with Crippen molar-refractivity contribution in [3.8, 4) is 0 Å². The Kier molecular flexibility index (Phi) is 4.89.